The normalized spacial score (nSPS) is 10.8. The number of phosphoric acid groups is 1. The van der Waals surface area contributed by atoms with Gasteiger partial charge in [0.1, 0.15) is 6.73 Å². The SMILES string of the molecule is O=P(O)(O)O.OCCOCn1cnc2c(O)nc(Cl)nc21.[Ba]. The van der Waals surface area contributed by atoms with E-state index in [1.54, 1.807) is 4.57 Å². The molecule has 11 nitrogen and oxygen atoms in total. The summed E-state index contributed by atoms with van der Waals surface area (Å²) >= 11 is 5.61. The van der Waals surface area contributed by atoms with Crippen LogP contribution >= 0.6 is 19.4 Å². The maximum Gasteiger partial charge on any atom is 0.466 e. The summed E-state index contributed by atoms with van der Waals surface area (Å²) in [5, 5.41) is 17.9. The predicted molar refractivity (Wildman–Crippen MR) is 75.1 cm³/mol. The van der Waals surface area contributed by atoms with Crippen molar-refractivity contribution in [2.45, 2.75) is 6.73 Å². The summed E-state index contributed by atoms with van der Waals surface area (Å²) in [6.45, 7) is 0.321. The van der Waals surface area contributed by atoms with E-state index < -0.39 is 7.82 Å². The number of rotatable bonds is 4. The molecule has 0 saturated carbocycles. The third kappa shape index (κ3) is 8.19. The minimum absolute atomic E-state index is 0. The average Bonchev–Trinajstić information content (AvgIpc) is 2.71. The third-order valence-electron chi connectivity index (χ3n) is 1.88. The number of fused-ring (bicyclic) bond motifs is 1. The minimum Gasteiger partial charge on any atom is -0.492 e. The van der Waals surface area contributed by atoms with Crippen molar-refractivity contribution in [3.8, 4) is 5.88 Å². The Labute approximate surface area is 169 Å². The van der Waals surface area contributed by atoms with E-state index in [4.69, 9.17) is 40.7 Å². The van der Waals surface area contributed by atoms with Gasteiger partial charge >= 0.3 is 7.82 Å². The molecule has 0 unspecified atom stereocenters. The van der Waals surface area contributed by atoms with E-state index in [9.17, 15) is 5.11 Å². The molecule has 0 aliphatic carbocycles. The molecule has 0 amide bonds. The molecular formula is C8H12BaClN4O7P. The van der Waals surface area contributed by atoms with Gasteiger partial charge in [0.25, 0.3) is 0 Å². The summed E-state index contributed by atoms with van der Waals surface area (Å²) in [4.78, 5) is 33.0. The molecule has 14 heteroatoms. The third-order valence-corrected chi connectivity index (χ3v) is 2.05. The maximum absolute atomic E-state index is 9.44. The standard InChI is InChI=1S/C8H9ClN4O3.Ba.H3O4P/c9-8-11-6-5(7(15)12-8)10-3-13(6)4-16-2-1-14;;1-5(2,3)4/h3,14H,1-2,4H2,(H,11,12,15);;(H3,1,2,3,4). The number of aromatic hydroxyl groups is 1. The quantitative estimate of drug-likeness (QED) is 0.156. The van der Waals surface area contributed by atoms with Crippen LogP contribution in [0.1, 0.15) is 0 Å². The van der Waals surface area contributed by atoms with Crippen molar-refractivity contribution in [1.82, 2.24) is 19.5 Å². The Morgan fingerprint density at radius 1 is 1.32 bits per heavy atom. The summed E-state index contributed by atoms with van der Waals surface area (Å²) in [5.41, 5.74) is 0.646. The molecule has 0 bridgehead atoms. The zero-order valence-corrected chi connectivity index (χ0v) is 17.2. The summed E-state index contributed by atoms with van der Waals surface area (Å²) in [7, 11) is -4.64. The fourth-order valence-electron chi connectivity index (χ4n) is 1.23. The van der Waals surface area contributed by atoms with Crippen molar-refractivity contribution in [3.63, 3.8) is 0 Å². The number of halogens is 1. The molecule has 2 radical (unpaired) electrons. The smallest absolute Gasteiger partial charge is 0.466 e. The molecule has 2 aromatic rings. The van der Waals surface area contributed by atoms with Crippen LogP contribution in [0.5, 0.6) is 5.88 Å². The Balaban J connectivity index is 0.000000644. The largest absolute Gasteiger partial charge is 0.492 e. The first-order valence-corrected chi connectivity index (χ1v) is 7.21. The van der Waals surface area contributed by atoms with Gasteiger partial charge in [-0.2, -0.15) is 9.97 Å². The fraction of sp³-hybridized carbons (Fsp3) is 0.375. The molecule has 0 spiro atoms. The van der Waals surface area contributed by atoms with E-state index in [2.05, 4.69) is 15.0 Å². The van der Waals surface area contributed by atoms with Crippen LogP contribution in [0.25, 0.3) is 11.2 Å². The van der Waals surface area contributed by atoms with Crippen LogP contribution in [0.2, 0.25) is 5.28 Å². The number of aromatic nitrogens is 4. The van der Waals surface area contributed by atoms with Gasteiger partial charge in [0.15, 0.2) is 11.2 Å². The van der Waals surface area contributed by atoms with Gasteiger partial charge in [-0.15, -0.1) is 0 Å². The predicted octanol–water partition coefficient (Wildman–Crippen LogP) is -1.16. The van der Waals surface area contributed by atoms with Crippen LogP contribution in [-0.2, 0) is 16.0 Å². The molecule has 0 aromatic carbocycles. The van der Waals surface area contributed by atoms with Crippen LogP contribution in [0.15, 0.2) is 6.33 Å². The zero-order chi connectivity index (χ0) is 16.0. The Kier molecular flexibility index (Phi) is 10.3. The molecule has 2 rings (SSSR count). The van der Waals surface area contributed by atoms with Gasteiger partial charge in [-0.25, -0.2) is 9.55 Å². The first-order valence-electron chi connectivity index (χ1n) is 5.26. The number of imidazole rings is 1. The van der Waals surface area contributed by atoms with E-state index in [0.717, 1.165) is 0 Å². The molecule has 0 fully saturated rings. The molecule has 2 heterocycles. The molecule has 0 saturated heterocycles. The second-order valence-corrected chi connectivity index (χ2v) is 4.84. The van der Waals surface area contributed by atoms with Gasteiger partial charge in [-0.05, 0) is 11.6 Å². The van der Waals surface area contributed by atoms with Gasteiger partial charge in [0.05, 0.1) is 19.5 Å². The van der Waals surface area contributed by atoms with Crippen LogP contribution < -0.4 is 0 Å². The summed E-state index contributed by atoms with van der Waals surface area (Å²) in [6, 6.07) is 0. The van der Waals surface area contributed by atoms with Gasteiger partial charge in [0, 0.05) is 48.9 Å². The van der Waals surface area contributed by atoms with Gasteiger partial charge < -0.3 is 29.6 Å². The molecule has 0 atom stereocenters. The van der Waals surface area contributed by atoms with Crippen LogP contribution in [0, 0.1) is 0 Å². The second kappa shape index (κ2) is 10.2. The first kappa shape index (κ1) is 22.2. The van der Waals surface area contributed by atoms with E-state index >= 15 is 0 Å². The Bertz CT molecular complexity index is 642. The van der Waals surface area contributed by atoms with E-state index in [1.165, 1.54) is 6.33 Å². The summed E-state index contributed by atoms with van der Waals surface area (Å²) < 4.78 is 15.5. The topological polar surface area (TPSA) is 171 Å². The zero-order valence-electron chi connectivity index (χ0n) is 11.1. The molecule has 120 valence electrons. The number of ether oxygens (including phenoxy) is 1. The molecular weight excluding hydrogens is 468 g/mol. The molecule has 22 heavy (non-hydrogen) atoms. The molecule has 2 aromatic heterocycles. The molecule has 0 aliphatic rings. The maximum atomic E-state index is 9.44. The van der Waals surface area contributed by atoms with E-state index in [1.807, 2.05) is 0 Å². The van der Waals surface area contributed by atoms with Crippen molar-refractivity contribution >= 4 is 79.5 Å². The van der Waals surface area contributed by atoms with Crippen molar-refractivity contribution in [3.05, 3.63) is 11.6 Å². The summed E-state index contributed by atoms with van der Waals surface area (Å²) in [5.74, 6) is -0.268. The van der Waals surface area contributed by atoms with Crippen molar-refractivity contribution in [1.29, 1.82) is 0 Å². The fourth-order valence-corrected chi connectivity index (χ4v) is 1.39. The average molecular weight is 480 g/mol. The van der Waals surface area contributed by atoms with Gasteiger partial charge in [-0.3, -0.25) is 4.57 Å². The first-order chi connectivity index (χ1) is 9.72. The Hall–Kier alpha value is 0.241. The number of nitrogens with zero attached hydrogens (tertiary/aromatic N) is 4. The summed E-state index contributed by atoms with van der Waals surface area (Å²) in [6.07, 6.45) is 1.45. The number of hydrogen-bond acceptors (Lipinski definition) is 7. The van der Waals surface area contributed by atoms with Crippen LogP contribution in [-0.4, -0.2) is 107 Å². The van der Waals surface area contributed by atoms with Crippen LogP contribution in [0.4, 0.5) is 0 Å². The second-order valence-electron chi connectivity index (χ2n) is 3.48. The molecule has 0 aliphatic heterocycles. The Morgan fingerprint density at radius 3 is 2.45 bits per heavy atom. The van der Waals surface area contributed by atoms with Crippen LogP contribution in [0.3, 0.4) is 0 Å². The number of aliphatic hydroxyl groups is 1. The van der Waals surface area contributed by atoms with Crippen molar-refractivity contribution < 1.29 is 34.2 Å². The van der Waals surface area contributed by atoms with Crippen molar-refractivity contribution in [2.75, 3.05) is 13.2 Å². The molecule has 5 N–H and O–H groups in total. The van der Waals surface area contributed by atoms with Crippen molar-refractivity contribution in [2.24, 2.45) is 0 Å². The van der Waals surface area contributed by atoms with Gasteiger partial charge in [0.2, 0.25) is 11.2 Å². The van der Waals surface area contributed by atoms with E-state index in [0.29, 0.717) is 5.65 Å². The Morgan fingerprint density at radius 2 is 1.91 bits per heavy atom. The van der Waals surface area contributed by atoms with Gasteiger partial charge in [-0.1, -0.05) is 0 Å². The minimum atomic E-state index is -4.64. The number of hydrogen-bond donors (Lipinski definition) is 5. The monoisotopic (exact) mass is 480 g/mol. The number of aliphatic hydroxyl groups excluding tert-OH is 1. The van der Waals surface area contributed by atoms with E-state index in [-0.39, 0.29) is 85.5 Å².